The summed E-state index contributed by atoms with van der Waals surface area (Å²) in [5, 5.41) is 8.73. The molecule has 0 spiro atoms. The molecule has 0 radical (unpaired) electrons. The van der Waals surface area contributed by atoms with Gasteiger partial charge in [0, 0.05) is 11.9 Å². The fourth-order valence-electron chi connectivity index (χ4n) is 1.24. The first-order valence-electron chi connectivity index (χ1n) is 5.08. The largest absolute Gasteiger partial charge is 0.493 e. The fraction of sp³-hybridized carbons (Fsp3) is 0.417. The Morgan fingerprint density at radius 3 is 2.75 bits per heavy atom. The van der Waals surface area contributed by atoms with Crippen molar-refractivity contribution in [3.05, 3.63) is 23.8 Å². The van der Waals surface area contributed by atoms with Crippen LogP contribution in [0.2, 0.25) is 0 Å². The normalized spacial score (nSPS) is 9.56. The van der Waals surface area contributed by atoms with Crippen molar-refractivity contribution >= 4 is 11.6 Å². The highest BCUT2D eigenvalue weighted by Gasteiger charge is 2.05. The summed E-state index contributed by atoms with van der Waals surface area (Å²) >= 11 is 5.57. The number of hydrogen-bond donors (Lipinski definition) is 0. The molecule has 0 saturated heterocycles. The van der Waals surface area contributed by atoms with E-state index in [0.29, 0.717) is 29.5 Å². The van der Waals surface area contributed by atoms with Gasteiger partial charge in [-0.1, -0.05) is 0 Å². The second kappa shape index (κ2) is 6.97. The number of benzene rings is 1. The van der Waals surface area contributed by atoms with Crippen molar-refractivity contribution in [2.24, 2.45) is 0 Å². The SMILES string of the molecule is COc1cc(C#N)ccc1OCCCCCl. The van der Waals surface area contributed by atoms with Crippen LogP contribution < -0.4 is 9.47 Å². The second-order valence-electron chi connectivity index (χ2n) is 3.22. The van der Waals surface area contributed by atoms with Gasteiger partial charge in [-0.2, -0.15) is 5.26 Å². The lowest BCUT2D eigenvalue weighted by Gasteiger charge is -2.10. The quantitative estimate of drug-likeness (QED) is 0.566. The minimum Gasteiger partial charge on any atom is -0.493 e. The first-order chi connectivity index (χ1) is 7.81. The number of nitriles is 1. The summed E-state index contributed by atoms with van der Waals surface area (Å²) in [5.41, 5.74) is 0.560. The lowest BCUT2D eigenvalue weighted by molar-refractivity contribution is 0.288. The van der Waals surface area contributed by atoms with Gasteiger partial charge in [0.1, 0.15) is 0 Å². The van der Waals surface area contributed by atoms with E-state index >= 15 is 0 Å². The first-order valence-corrected chi connectivity index (χ1v) is 5.62. The predicted octanol–water partition coefficient (Wildman–Crippen LogP) is 2.96. The highest BCUT2D eigenvalue weighted by molar-refractivity contribution is 6.17. The van der Waals surface area contributed by atoms with Crippen LogP contribution in [-0.4, -0.2) is 19.6 Å². The average molecular weight is 240 g/mol. The van der Waals surface area contributed by atoms with E-state index in [0.717, 1.165) is 12.8 Å². The van der Waals surface area contributed by atoms with Crippen LogP contribution in [0.1, 0.15) is 18.4 Å². The Morgan fingerprint density at radius 1 is 1.31 bits per heavy atom. The zero-order chi connectivity index (χ0) is 11.8. The van der Waals surface area contributed by atoms with E-state index in [1.807, 2.05) is 0 Å². The predicted molar refractivity (Wildman–Crippen MR) is 63.2 cm³/mol. The van der Waals surface area contributed by atoms with Crippen LogP contribution >= 0.6 is 11.6 Å². The number of ether oxygens (including phenoxy) is 2. The average Bonchev–Trinajstić information content (AvgIpc) is 2.34. The Kier molecular flexibility index (Phi) is 5.52. The van der Waals surface area contributed by atoms with Gasteiger partial charge >= 0.3 is 0 Å². The van der Waals surface area contributed by atoms with Crippen molar-refractivity contribution in [3.8, 4) is 17.6 Å². The fourth-order valence-corrected chi connectivity index (χ4v) is 1.42. The summed E-state index contributed by atoms with van der Waals surface area (Å²) in [6.07, 6.45) is 1.84. The zero-order valence-electron chi connectivity index (χ0n) is 9.20. The van der Waals surface area contributed by atoms with Gasteiger partial charge in [0.2, 0.25) is 0 Å². The minimum atomic E-state index is 0.560. The van der Waals surface area contributed by atoms with Gasteiger partial charge in [0.05, 0.1) is 25.3 Å². The van der Waals surface area contributed by atoms with Crippen LogP contribution in [-0.2, 0) is 0 Å². The Morgan fingerprint density at radius 2 is 2.12 bits per heavy atom. The lowest BCUT2D eigenvalue weighted by atomic mass is 10.2. The summed E-state index contributed by atoms with van der Waals surface area (Å²) in [6, 6.07) is 7.17. The van der Waals surface area contributed by atoms with E-state index in [2.05, 4.69) is 6.07 Å². The van der Waals surface area contributed by atoms with Crippen molar-refractivity contribution in [1.82, 2.24) is 0 Å². The molecule has 1 rings (SSSR count). The number of alkyl halides is 1. The number of nitrogens with zero attached hydrogens (tertiary/aromatic N) is 1. The molecule has 0 fully saturated rings. The van der Waals surface area contributed by atoms with E-state index in [1.54, 1.807) is 25.3 Å². The maximum Gasteiger partial charge on any atom is 0.162 e. The molecule has 86 valence electrons. The van der Waals surface area contributed by atoms with E-state index in [9.17, 15) is 0 Å². The first kappa shape index (κ1) is 12.7. The van der Waals surface area contributed by atoms with Gasteiger partial charge < -0.3 is 9.47 Å². The molecule has 3 nitrogen and oxygen atoms in total. The van der Waals surface area contributed by atoms with Crippen LogP contribution in [0.4, 0.5) is 0 Å². The molecular weight excluding hydrogens is 226 g/mol. The zero-order valence-corrected chi connectivity index (χ0v) is 9.96. The third-order valence-corrected chi connectivity index (χ3v) is 2.35. The summed E-state index contributed by atoms with van der Waals surface area (Å²) in [7, 11) is 1.56. The van der Waals surface area contributed by atoms with Crippen molar-refractivity contribution in [1.29, 1.82) is 5.26 Å². The Hall–Kier alpha value is -1.40. The molecule has 16 heavy (non-hydrogen) atoms. The highest BCUT2D eigenvalue weighted by atomic mass is 35.5. The number of unbranched alkanes of at least 4 members (excludes halogenated alkanes) is 1. The molecule has 0 N–H and O–H groups in total. The van der Waals surface area contributed by atoms with E-state index < -0.39 is 0 Å². The summed E-state index contributed by atoms with van der Waals surface area (Å²) in [6.45, 7) is 0.606. The molecule has 0 aromatic heterocycles. The topological polar surface area (TPSA) is 42.2 Å². The summed E-state index contributed by atoms with van der Waals surface area (Å²) in [4.78, 5) is 0. The molecule has 0 aliphatic carbocycles. The molecule has 0 saturated carbocycles. The lowest BCUT2D eigenvalue weighted by Crippen LogP contribution is -1.99. The van der Waals surface area contributed by atoms with Crippen LogP contribution in [0.3, 0.4) is 0 Å². The molecule has 4 heteroatoms. The third-order valence-electron chi connectivity index (χ3n) is 2.08. The molecular formula is C12H14ClNO2. The maximum absolute atomic E-state index is 8.73. The van der Waals surface area contributed by atoms with Crippen molar-refractivity contribution < 1.29 is 9.47 Å². The summed E-state index contributed by atoms with van der Waals surface area (Å²) in [5.74, 6) is 1.90. The van der Waals surface area contributed by atoms with Crippen molar-refractivity contribution in [3.63, 3.8) is 0 Å². The van der Waals surface area contributed by atoms with Gasteiger partial charge in [-0.15, -0.1) is 11.6 Å². The molecule has 0 aliphatic heterocycles. The van der Waals surface area contributed by atoms with Crippen molar-refractivity contribution in [2.45, 2.75) is 12.8 Å². The number of methoxy groups -OCH3 is 1. The highest BCUT2D eigenvalue weighted by Crippen LogP contribution is 2.27. The minimum absolute atomic E-state index is 0.560. The maximum atomic E-state index is 8.73. The number of halogens is 1. The second-order valence-corrected chi connectivity index (χ2v) is 3.60. The molecule has 0 aliphatic rings. The Balaban J connectivity index is 2.62. The van der Waals surface area contributed by atoms with Gasteiger partial charge in [0.15, 0.2) is 11.5 Å². The molecule has 0 unspecified atom stereocenters. The van der Waals surface area contributed by atoms with E-state index in [1.165, 1.54) is 0 Å². The van der Waals surface area contributed by atoms with Crippen LogP contribution in [0.25, 0.3) is 0 Å². The van der Waals surface area contributed by atoms with Gasteiger partial charge in [-0.3, -0.25) is 0 Å². The van der Waals surface area contributed by atoms with Gasteiger partial charge in [0.25, 0.3) is 0 Å². The van der Waals surface area contributed by atoms with Crippen LogP contribution in [0.15, 0.2) is 18.2 Å². The molecule has 0 atom stereocenters. The molecule has 1 aromatic carbocycles. The Bertz CT molecular complexity index is 374. The summed E-state index contributed by atoms with van der Waals surface area (Å²) < 4.78 is 10.7. The standard InChI is InChI=1S/C12H14ClNO2/c1-15-12-8-10(9-14)4-5-11(12)16-7-3-2-6-13/h4-5,8H,2-3,6-7H2,1H3. The van der Waals surface area contributed by atoms with Gasteiger partial charge in [-0.05, 0) is 25.0 Å². The van der Waals surface area contributed by atoms with Gasteiger partial charge in [-0.25, -0.2) is 0 Å². The van der Waals surface area contributed by atoms with Crippen molar-refractivity contribution in [2.75, 3.05) is 19.6 Å². The molecule has 0 heterocycles. The van der Waals surface area contributed by atoms with E-state index in [-0.39, 0.29) is 0 Å². The van der Waals surface area contributed by atoms with E-state index in [4.69, 9.17) is 26.3 Å². The number of rotatable bonds is 6. The Labute approximate surface area is 101 Å². The van der Waals surface area contributed by atoms with Crippen LogP contribution in [0, 0.1) is 11.3 Å². The molecule has 1 aromatic rings. The monoisotopic (exact) mass is 239 g/mol. The molecule has 0 bridgehead atoms. The smallest absolute Gasteiger partial charge is 0.162 e. The third kappa shape index (κ3) is 3.63. The molecule has 0 amide bonds. The van der Waals surface area contributed by atoms with Crippen LogP contribution in [0.5, 0.6) is 11.5 Å². The number of hydrogen-bond acceptors (Lipinski definition) is 3.